The van der Waals surface area contributed by atoms with Crippen LogP contribution >= 0.6 is 0 Å². The standard InChI is InChI=1S/C11H18N2O3/c1-7(2)8(3)16-11-12-9(14-4)6-10(13-11)15-5/h6-8H,1-5H3/t8-/m1/s1. The van der Waals surface area contributed by atoms with Gasteiger partial charge >= 0.3 is 6.01 Å². The van der Waals surface area contributed by atoms with Crippen molar-refractivity contribution >= 4 is 0 Å². The Morgan fingerprint density at radius 2 is 1.50 bits per heavy atom. The van der Waals surface area contributed by atoms with Gasteiger partial charge in [-0.15, -0.1) is 0 Å². The second-order valence-corrected chi connectivity index (χ2v) is 3.80. The normalized spacial score (nSPS) is 12.4. The molecule has 0 radical (unpaired) electrons. The average molecular weight is 226 g/mol. The van der Waals surface area contributed by atoms with Crippen molar-refractivity contribution in [2.75, 3.05) is 14.2 Å². The Balaban J connectivity index is 2.86. The van der Waals surface area contributed by atoms with Crippen molar-refractivity contribution in [2.45, 2.75) is 26.9 Å². The van der Waals surface area contributed by atoms with Crippen LogP contribution < -0.4 is 14.2 Å². The van der Waals surface area contributed by atoms with Crippen molar-refractivity contribution < 1.29 is 14.2 Å². The fourth-order valence-electron chi connectivity index (χ4n) is 0.948. The molecule has 5 heteroatoms. The smallest absolute Gasteiger partial charge is 0.323 e. The van der Waals surface area contributed by atoms with Crippen LogP contribution in [0.2, 0.25) is 0 Å². The van der Waals surface area contributed by atoms with Gasteiger partial charge in [-0.3, -0.25) is 0 Å². The van der Waals surface area contributed by atoms with Gasteiger partial charge in [-0.25, -0.2) is 0 Å². The highest BCUT2D eigenvalue weighted by molar-refractivity contribution is 5.22. The Morgan fingerprint density at radius 1 is 1.00 bits per heavy atom. The van der Waals surface area contributed by atoms with E-state index in [-0.39, 0.29) is 12.1 Å². The summed E-state index contributed by atoms with van der Waals surface area (Å²) in [5.41, 5.74) is 0. The molecule has 1 rings (SSSR count). The first kappa shape index (κ1) is 12.5. The second-order valence-electron chi connectivity index (χ2n) is 3.80. The summed E-state index contributed by atoms with van der Waals surface area (Å²) in [6.45, 7) is 6.12. The minimum atomic E-state index is 0.0387. The maximum absolute atomic E-state index is 5.58. The largest absolute Gasteiger partial charge is 0.481 e. The van der Waals surface area contributed by atoms with Crippen molar-refractivity contribution in [1.29, 1.82) is 0 Å². The summed E-state index contributed by atoms with van der Waals surface area (Å²) >= 11 is 0. The van der Waals surface area contributed by atoms with Crippen molar-refractivity contribution in [3.8, 4) is 17.8 Å². The molecule has 0 saturated carbocycles. The first-order valence-corrected chi connectivity index (χ1v) is 5.20. The molecule has 90 valence electrons. The molecule has 1 atom stereocenters. The Bertz CT molecular complexity index is 320. The van der Waals surface area contributed by atoms with Gasteiger partial charge in [0, 0.05) is 0 Å². The van der Waals surface area contributed by atoms with Gasteiger partial charge in [0.25, 0.3) is 0 Å². The van der Waals surface area contributed by atoms with E-state index >= 15 is 0 Å². The average Bonchev–Trinajstić information content (AvgIpc) is 2.28. The van der Waals surface area contributed by atoms with Crippen molar-refractivity contribution in [1.82, 2.24) is 9.97 Å². The summed E-state index contributed by atoms with van der Waals surface area (Å²) in [7, 11) is 3.08. The van der Waals surface area contributed by atoms with Crippen LogP contribution in [-0.4, -0.2) is 30.3 Å². The molecular weight excluding hydrogens is 208 g/mol. The van der Waals surface area contributed by atoms with Gasteiger partial charge in [0.1, 0.15) is 6.10 Å². The molecule has 0 fully saturated rings. The molecule has 0 amide bonds. The van der Waals surface area contributed by atoms with E-state index in [2.05, 4.69) is 23.8 Å². The van der Waals surface area contributed by atoms with Crippen LogP contribution in [0.15, 0.2) is 6.07 Å². The molecule has 0 aliphatic heterocycles. The highest BCUT2D eigenvalue weighted by Gasteiger charge is 2.13. The summed E-state index contributed by atoms with van der Waals surface area (Å²) in [5.74, 6) is 1.25. The minimum absolute atomic E-state index is 0.0387. The summed E-state index contributed by atoms with van der Waals surface area (Å²) in [5, 5.41) is 0. The third kappa shape index (κ3) is 3.25. The predicted molar refractivity (Wildman–Crippen MR) is 60.1 cm³/mol. The Morgan fingerprint density at radius 3 is 1.88 bits per heavy atom. The third-order valence-electron chi connectivity index (χ3n) is 2.31. The monoisotopic (exact) mass is 226 g/mol. The van der Waals surface area contributed by atoms with Crippen LogP contribution in [0.4, 0.5) is 0 Å². The number of hydrogen-bond acceptors (Lipinski definition) is 5. The molecule has 0 unspecified atom stereocenters. The summed E-state index contributed by atoms with van der Waals surface area (Å²) in [6, 6.07) is 1.88. The molecular formula is C11H18N2O3. The zero-order valence-electron chi connectivity index (χ0n) is 10.4. The first-order valence-electron chi connectivity index (χ1n) is 5.20. The van der Waals surface area contributed by atoms with Gasteiger partial charge in [0.05, 0.1) is 20.3 Å². The molecule has 0 saturated heterocycles. The van der Waals surface area contributed by atoms with E-state index in [9.17, 15) is 0 Å². The van der Waals surface area contributed by atoms with Crippen LogP contribution in [0.5, 0.6) is 17.8 Å². The fraction of sp³-hybridized carbons (Fsp3) is 0.636. The van der Waals surface area contributed by atoms with E-state index in [4.69, 9.17) is 14.2 Å². The lowest BCUT2D eigenvalue weighted by molar-refractivity contribution is 0.152. The van der Waals surface area contributed by atoms with Crippen LogP contribution in [0.3, 0.4) is 0 Å². The minimum Gasteiger partial charge on any atom is -0.481 e. The molecule has 0 spiro atoms. The zero-order valence-corrected chi connectivity index (χ0v) is 10.4. The quantitative estimate of drug-likeness (QED) is 0.767. The van der Waals surface area contributed by atoms with Gasteiger partial charge < -0.3 is 14.2 Å². The van der Waals surface area contributed by atoms with E-state index in [1.54, 1.807) is 6.07 Å². The van der Waals surface area contributed by atoms with Gasteiger partial charge in [0.15, 0.2) is 0 Å². The summed E-state index contributed by atoms with van der Waals surface area (Å²) < 4.78 is 15.6. The molecule has 5 nitrogen and oxygen atoms in total. The zero-order chi connectivity index (χ0) is 12.1. The second kappa shape index (κ2) is 5.53. The molecule has 1 heterocycles. The number of aromatic nitrogens is 2. The van der Waals surface area contributed by atoms with E-state index in [0.29, 0.717) is 17.7 Å². The van der Waals surface area contributed by atoms with Crippen molar-refractivity contribution in [3.63, 3.8) is 0 Å². The molecule has 0 N–H and O–H groups in total. The van der Waals surface area contributed by atoms with E-state index in [1.165, 1.54) is 14.2 Å². The lowest BCUT2D eigenvalue weighted by Gasteiger charge is -2.16. The van der Waals surface area contributed by atoms with Crippen molar-refractivity contribution in [2.24, 2.45) is 5.92 Å². The molecule has 0 aromatic carbocycles. The fourth-order valence-corrected chi connectivity index (χ4v) is 0.948. The van der Waals surface area contributed by atoms with E-state index in [0.717, 1.165) is 0 Å². The number of nitrogens with zero attached hydrogens (tertiary/aromatic N) is 2. The van der Waals surface area contributed by atoms with E-state index < -0.39 is 0 Å². The SMILES string of the molecule is COc1cc(OC)nc(O[C@H](C)C(C)C)n1. The lowest BCUT2D eigenvalue weighted by atomic mass is 10.1. The summed E-state index contributed by atoms with van der Waals surface area (Å²) in [4.78, 5) is 8.17. The molecule has 0 aliphatic carbocycles. The number of hydrogen-bond donors (Lipinski definition) is 0. The maximum atomic E-state index is 5.58. The highest BCUT2D eigenvalue weighted by atomic mass is 16.5. The number of rotatable bonds is 5. The topological polar surface area (TPSA) is 53.5 Å². The highest BCUT2D eigenvalue weighted by Crippen LogP contribution is 2.20. The molecule has 0 bridgehead atoms. The Labute approximate surface area is 95.8 Å². The maximum Gasteiger partial charge on any atom is 0.323 e. The van der Waals surface area contributed by atoms with Gasteiger partial charge in [-0.2, -0.15) is 9.97 Å². The van der Waals surface area contributed by atoms with Crippen LogP contribution in [-0.2, 0) is 0 Å². The van der Waals surface area contributed by atoms with Crippen LogP contribution in [0, 0.1) is 5.92 Å². The molecule has 0 aliphatic rings. The van der Waals surface area contributed by atoms with Gasteiger partial charge in [0.2, 0.25) is 11.8 Å². The molecule has 1 aromatic heterocycles. The predicted octanol–water partition coefficient (Wildman–Crippen LogP) is 1.92. The lowest BCUT2D eigenvalue weighted by Crippen LogP contribution is -2.20. The van der Waals surface area contributed by atoms with Crippen LogP contribution in [0.1, 0.15) is 20.8 Å². The first-order chi connectivity index (χ1) is 7.56. The third-order valence-corrected chi connectivity index (χ3v) is 2.31. The Hall–Kier alpha value is -1.52. The van der Waals surface area contributed by atoms with Crippen molar-refractivity contribution in [3.05, 3.63) is 6.07 Å². The molecule has 1 aromatic rings. The number of ether oxygens (including phenoxy) is 3. The summed E-state index contributed by atoms with van der Waals surface area (Å²) in [6.07, 6.45) is 0.0387. The Kier molecular flexibility index (Phi) is 4.34. The van der Waals surface area contributed by atoms with Crippen LogP contribution in [0.25, 0.3) is 0 Å². The van der Waals surface area contributed by atoms with E-state index in [1.807, 2.05) is 6.92 Å². The van der Waals surface area contributed by atoms with Gasteiger partial charge in [-0.1, -0.05) is 13.8 Å². The van der Waals surface area contributed by atoms with Gasteiger partial charge in [-0.05, 0) is 12.8 Å². The number of methoxy groups -OCH3 is 2. The molecule has 16 heavy (non-hydrogen) atoms.